The number of rotatable bonds is 4. The zero-order valence-electron chi connectivity index (χ0n) is 14.2. The summed E-state index contributed by atoms with van der Waals surface area (Å²) in [5.41, 5.74) is 2.85. The van der Waals surface area contributed by atoms with Crippen molar-refractivity contribution in [1.29, 1.82) is 0 Å². The summed E-state index contributed by atoms with van der Waals surface area (Å²) >= 11 is 1.51. The van der Waals surface area contributed by atoms with E-state index in [4.69, 9.17) is 4.42 Å². The Bertz CT molecular complexity index is 893. The maximum Gasteiger partial charge on any atom is 0.230 e. The van der Waals surface area contributed by atoms with Crippen LogP contribution in [0.15, 0.2) is 28.9 Å². The van der Waals surface area contributed by atoms with E-state index in [9.17, 15) is 4.79 Å². The van der Waals surface area contributed by atoms with Crippen molar-refractivity contribution in [2.24, 2.45) is 0 Å². The normalized spacial score (nSPS) is 15.6. The van der Waals surface area contributed by atoms with Crippen molar-refractivity contribution >= 4 is 33.3 Å². The van der Waals surface area contributed by atoms with Crippen LogP contribution in [0.5, 0.6) is 0 Å². The zero-order chi connectivity index (χ0) is 17.2. The van der Waals surface area contributed by atoms with Crippen LogP contribution in [-0.2, 0) is 11.2 Å². The fraction of sp³-hybridized carbons (Fsp3) is 0.421. The number of hydrogen-bond acceptors (Lipinski definition) is 5. The minimum absolute atomic E-state index is 0.0883. The van der Waals surface area contributed by atoms with Gasteiger partial charge in [-0.15, -0.1) is 10.2 Å². The molecule has 3 aromatic rings. The second-order valence-electron chi connectivity index (χ2n) is 6.77. The molecule has 0 spiro atoms. The number of nitrogens with one attached hydrogen (secondary N) is 1. The van der Waals surface area contributed by atoms with Gasteiger partial charge in [0.2, 0.25) is 11.0 Å². The molecule has 6 heteroatoms. The van der Waals surface area contributed by atoms with E-state index >= 15 is 0 Å². The first-order chi connectivity index (χ1) is 12.2. The first-order valence-electron chi connectivity index (χ1n) is 8.79. The Kier molecular flexibility index (Phi) is 4.53. The summed E-state index contributed by atoms with van der Waals surface area (Å²) in [6, 6.07) is 6.02. The summed E-state index contributed by atoms with van der Waals surface area (Å²) < 4.78 is 5.56. The fourth-order valence-corrected chi connectivity index (χ4v) is 4.39. The third-order valence-corrected chi connectivity index (χ3v) is 5.80. The van der Waals surface area contributed by atoms with Gasteiger partial charge in [0.05, 0.1) is 12.7 Å². The van der Waals surface area contributed by atoms with Crippen LogP contribution in [0.4, 0.5) is 5.13 Å². The summed E-state index contributed by atoms with van der Waals surface area (Å²) in [6.07, 6.45) is 8.15. The number of nitrogens with zero attached hydrogens (tertiary/aromatic N) is 2. The van der Waals surface area contributed by atoms with E-state index < -0.39 is 0 Å². The number of hydrogen-bond donors (Lipinski definition) is 1. The molecule has 1 aliphatic rings. The van der Waals surface area contributed by atoms with E-state index in [1.165, 1.54) is 43.4 Å². The molecule has 2 aromatic heterocycles. The van der Waals surface area contributed by atoms with E-state index in [1.54, 1.807) is 6.26 Å². The number of amides is 1. The SMILES string of the molecule is Cc1ccc2c(CC(=O)Nc3nnc(C4CCCCC4)s3)coc2c1. The van der Waals surface area contributed by atoms with Crippen LogP contribution in [0.2, 0.25) is 0 Å². The van der Waals surface area contributed by atoms with E-state index in [0.29, 0.717) is 11.0 Å². The number of carbonyl (C=O) groups is 1. The lowest BCUT2D eigenvalue weighted by Gasteiger charge is -2.18. The number of benzene rings is 1. The Balaban J connectivity index is 1.42. The van der Waals surface area contributed by atoms with E-state index in [-0.39, 0.29) is 12.3 Å². The molecule has 0 aliphatic heterocycles. The number of furan rings is 1. The van der Waals surface area contributed by atoms with Crippen LogP contribution in [-0.4, -0.2) is 16.1 Å². The molecular weight excluding hydrogens is 334 g/mol. The molecule has 0 saturated heterocycles. The number of aryl methyl sites for hydroxylation is 1. The summed E-state index contributed by atoms with van der Waals surface area (Å²) in [6.45, 7) is 2.02. The minimum atomic E-state index is -0.0883. The van der Waals surface area contributed by atoms with Crippen molar-refractivity contribution in [3.8, 4) is 0 Å². The van der Waals surface area contributed by atoms with Crippen molar-refractivity contribution < 1.29 is 9.21 Å². The molecule has 1 amide bonds. The average Bonchev–Trinajstić information content (AvgIpc) is 3.23. The number of aromatic nitrogens is 2. The second kappa shape index (κ2) is 6.96. The smallest absolute Gasteiger partial charge is 0.230 e. The molecule has 0 unspecified atom stereocenters. The van der Waals surface area contributed by atoms with Crippen LogP contribution in [0, 0.1) is 6.92 Å². The first-order valence-corrected chi connectivity index (χ1v) is 9.60. The first kappa shape index (κ1) is 16.3. The fourth-order valence-electron chi connectivity index (χ4n) is 3.46. The van der Waals surface area contributed by atoms with Gasteiger partial charge in [-0.1, -0.05) is 42.7 Å². The Labute approximate surface area is 150 Å². The van der Waals surface area contributed by atoms with Gasteiger partial charge in [-0.25, -0.2) is 0 Å². The van der Waals surface area contributed by atoms with Gasteiger partial charge in [-0.2, -0.15) is 0 Å². The van der Waals surface area contributed by atoms with Gasteiger partial charge in [0.25, 0.3) is 0 Å². The highest BCUT2D eigenvalue weighted by molar-refractivity contribution is 7.15. The Hall–Kier alpha value is -2.21. The van der Waals surface area contributed by atoms with Gasteiger partial charge in [0.1, 0.15) is 10.6 Å². The molecule has 1 aromatic carbocycles. The molecule has 2 heterocycles. The standard InChI is InChI=1S/C19H21N3O2S/c1-12-7-8-15-14(11-24-16(15)9-12)10-17(23)20-19-22-21-18(25-19)13-5-3-2-4-6-13/h7-9,11,13H,2-6,10H2,1H3,(H,20,22,23). The minimum Gasteiger partial charge on any atom is -0.464 e. The number of fused-ring (bicyclic) bond motifs is 1. The topological polar surface area (TPSA) is 68.0 Å². The lowest BCUT2D eigenvalue weighted by atomic mass is 9.90. The Morgan fingerprint density at radius 2 is 2.12 bits per heavy atom. The quantitative estimate of drug-likeness (QED) is 0.728. The molecule has 0 radical (unpaired) electrons. The Morgan fingerprint density at radius 3 is 2.96 bits per heavy atom. The third kappa shape index (κ3) is 3.58. The van der Waals surface area contributed by atoms with Crippen LogP contribution < -0.4 is 5.32 Å². The van der Waals surface area contributed by atoms with Crippen LogP contribution in [0.3, 0.4) is 0 Å². The summed E-state index contributed by atoms with van der Waals surface area (Å²) in [5.74, 6) is 0.424. The van der Waals surface area contributed by atoms with Gasteiger partial charge < -0.3 is 9.73 Å². The van der Waals surface area contributed by atoms with Crippen molar-refractivity contribution in [1.82, 2.24) is 10.2 Å². The Morgan fingerprint density at radius 1 is 1.28 bits per heavy atom. The van der Waals surface area contributed by atoms with Gasteiger partial charge in [0, 0.05) is 16.9 Å². The summed E-state index contributed by atoms with van der Waals surface area (Å²) in [4.78, 5) is 12.4. The van der Waals surface area contributed by atoms with Crippen molar-refractivity contribution in [2.75, 3.05) is 5.32 Å². The third-order valence-electron chi connectivity index (χ3n) is 4.80. The van der Waals surface area contributed by atoms with Gasteiger partial charge in [0.15, 0.2) is 0 Å². The molecular formula is C19H21N3O2S. The average molecular weight is 355 g/mol. The largest absolute Gasteiger partial charge is 0.464 e. The van der Waals surface area contributed by atoms with Crippen molar-refractivity contribution in [3.63, 3.8) is 0 Å². The van der Waals surface area contributed by atoms with Crippen LogP contribution in [0.1, 0.15) is 54.2 Å². The molecule has 0 bridgehead atoms. The molecule has 5 nitrogen and oxygen atoms in total. The zero-order valence-corrected chi connectivity index (χ0v) is 15.1. The van der Waals surface area contributed by atoms with Crippen LogP contribution in [0.25, 0.3) is 11.0 Å². The number of carbonyl (C=O) groups excluding carboxylic acids is 1. The molecule has 0 atom stereocenters. The molecule has 130 valence electrons. The lowest BCUT2D eigenvalue weighted by molar-refractivity contribution is -0.115. The summed E-state index contributed by atoms with van der Waals surface area (Å²) in [5, 5.41) is 13.9. The molecule has 1 saturated carbocycles. The highest BCUT2D eigenvalue weighted by atomic mass is 32.1. The van der Waals surface area contributed by atoms with Crippen molar-refractivity contribution in [2.45, 2.75) is 51.4 Å². The van der Waals surface area contributed by atoms with Gasteiger partial charge in [-0.05, 0) is 31.4 Å². The van der Waals surface area contributed by atoms with E-state index in [0.717, 1.165) is 27.1 Å². The van der Waals surface area contributed by atoms with Crippen LogP contribution >= 0.6 is 11.3 Å². The predicted molar refractivity (Wildman–Crippen MR) is 99.0 cm³/mol. The molecule has 4 rings (SSSR count). The molecule has 1 fully saturated rings. The monoisotopic (exact) mass is 355 g/mol. The molecule has 25 heavy (non-hydrogen) atoms. The van der Waals surface area contributed by atoms with Crippen molar-refractivity contribution in [3.05, 3.63) is 40.6 Å². The summed E-state index contributed by atoms with van der Waals surface area (Å²) in [7, 11) is 0. The lowest BCUT2D eigenvalue weighted by Crippen LogP contribution is -2.13. The number of anilines is 1. The molecule has 1 aliphatic carbocycles. The van der Waals surface area contributed by atoms with Gasteiger partial charge in [-0.3, -0.25) is 4.79 Å². The maximum atomic E-state index is 12.4. The maximum absolute atomic E-state index is 12.4. The molecule has 1 N–H and O–H groups in total. The highest BCUT2D eigenvalue weighted by Crippen LogP contribution is 2.35. The van der Waals surface area contributed by atoms with E-state index in [2.05, 4.69) is 15.5 Å². The highest BCUT2D eigenvalue weighted by Gasteiger charge is 2.20. The predicted octanol–water partition coefficient (Wildman–Crippen LogP) is 4.82. The second-order valence-corrected chi connectivity index (χ2v) is 7.77. The van der Waals surface area contributed by atoms with E-state index in [1.807, 2.05) is 25.1 Å². The van der Waals surface area contributed by atoms with Gasteiger partial charge >= 0.3 is 0 Å².